The van der Waals surface area contributed by atoms with Gasteiger partial charge in [-0.15, -0.1) is 11.8 Å². The van der Waals surface area contributed by atoms with Crippen LogP contribution in [0, 0.1) is 0 Å². The van der Waals surface area contributed by atoms with Crippen LogP contribution in [0.3, 0.4) is 0 Å². The second-order valence-electron chi connectivity index (χ2n) is 7.09. The van der Waals surface area contributed by atoms with Gasteiger partial charge in [0.25, 0.3) is 0 Å². The maximum absolute atomic E-state index is 10.0. The number of β-amino-alcohol motifs (C(OH)–C–C–N with tert-alkyl or cyclic N) is 1. The van der Waals surface area contributed by atoms with Gasteiger partial charge in [-0.25, -0.2) is 4.98 Å². The van der Waals surface area contributed by atoms with Crippen molar-refractivity contribution in [2.75, 3.05) is 19.3 Å². The molecule has 1 fully saturated rings. The lowest BCUT2D eigenvalue weighted by Gasteiger charge is -2.30. The van der Waals surface area contributed by atoms with E-state index in [1.165, 1.54) is 10.5 Å². The highest BCUT2D eigenvalue weighted by atomic mass is 35.5. The van der Waals surface area contributed by atoms with Crippen molar-refractivity contribution >= 4 is 34.3 Å². The zero-order valence-electron chi connectivity index (χ0n) is 15.4. The molecule has 1 aliphatic heterocycles. The monoisotopic (exact) mass is 398 g/mol. The van der Waals surface area contributed by atoms with Gasteiger partial charge < -0.3 is 5.11 Å². The molecule has 4 rings (SSSR count). The smallest absolute Gasteiger partial charge is 0.0754 e. The summed E-state index contributed by atoms with van der Waals surface area (Å²) in [4.78, 5) is 8.56. The summed E-state index contributed by atoms with van der Waals surface area (Å²) in [7, 11) is 0. The number of aliphatic hydroxyl groups is 1. The highest BCUT2D eigenvalue weighted by Crippen LogP contribution is 2.30. The van der Waals surface area contributed by atoms with Gasteiger partial charge in [0.1, 0.15) is 0 Å². The molecule has 2 aromatic carbocycles. The first-order valence-electron chi connectivity index (χ1n) is 9.26. The maximum Gasteiger partial charge on any atom is 0.0754 e. The molecular weight excluding hydrogens is 376 g/mol. The normalized spacial score (nSPS) is 18.1. The Morgan fingerprint density at radius 2 is 2.00 bits per heavy atom. The van der Waals surface area contributed by atoms with Crippen molar-refractivity contribution in [3.05, 3.63) is 59.1 Å². The van der Waals surface area contributed by atoms with E-state index in [0.29, 0.717) is 0 Å². The molecule has 0 amide bonds. The van der Waals surface area contributed by atoms with Crippen LogP contribution < -0.4 is 0 Å². The van der Waals surface area contributed by atoms with Crippen molar-refractivity contribution in [1.82, 2.24) is 9.88 Å². The highest BCUT2D eigenvalue weighted by Gasteiger charge is 2.20. The minimum Gasteiger partial charge on any atom is -0.392 e. The molecule has 3 aromatic rings. The summed E-state index contributed by atoms with van der Waals surface area (Å²) in [6.07, 6.45) is 3.79. The van der Waals surface area contributed by atoms with Crippen molar-refractivity contribution in [2.24, 2.45) is 0 Å². The largest absolute Gasteiger partial charge is 0.392 e. The number of benzene rings is 2. The van der Waals surface area contributed by atoms with Crippen molar-refractivity contribution in [2.45, 2.75) is 30.4 Å². The van der Waals surface area contributed by atoms with E-state index >= 15 is 0 Å². The molecule has 0 saturated carbocycles. The van der Waals surface area contributed by atoms with Gasteiger partial charge in [-0.1, -0.05) is 29.8 Å². The fourth-order valence-corrected chi connectivity index (χ4v) is 4.27. The van der Waals surface area contributed by atoms with E-state index in [1.807, 2.05) is 24.3 Å². The number of nitrogens with zero attached hydrogens (tertiary/aromatic N) is 2. The molecular formula is C22H23ClN2OS. The molecule has 5 heteroatoms. The van der Waals surface area contributed by atoms with E-state index in [4.69, 9.17) is 16.6 Å². The fraction of sp³-hybridized carbons (Fsp3) is 0.318. The van der Waals surface area contributed by atoms with E-state index < -0.39 is 0 Å². The standard InChI is InChI=1S/C22H23ClN2OS/c1-27-20-9-6-16-11-17(13-25-10-2-3-19(26)14-25)22(24-21(16)12-20)15-4-7-18(23)8-5-15/h4-9,11-12,19,26H,2-3,10,13-14H2,1H3/t19-/m1/s1. The Morgan fingerprint density at radius 1 is 1.19 bits per heavy atom. The second-order valence-corrected chi connectivity index (χ2v) is 8.41. The lowest BCUT2D eigenvalue weighted by Crippen LogP contribution is -2.37. The summed E-state index contributed by atoms with van der Waals surface area (Å²) < 4.78 is 0. The molecule has 1 N–H and O–H groups in total. The molecule has 1 aliphatic rings. The summed E-state index contributed by atoms with van der Waals surface area (Å²) in [5, 5.41) is 11.9. The number of rotatable bonds is 4. The van der Waals surface area contributed by atoms with Crippen LogP contribution in [0.2, 0.25) is 5.02 Å². The van der Waals surface area contributed by atoms with Crippen LogP contribution in [0.1, 0.15) is 18.4 Å². The number of hydrogen-bond donors (Lipinski definition) is 1. The third kappa shape index (κ3) is 4.30. The van der Waals surface area contributed by atoms with Crippen LogP contribution in [-0.4, -0.2) is 40.4 Å². The van der Waals surface area contributed by atoms with E-state index in [0.717, 1.165) is 59.7 Å². The first-order valence-corrected chi connectivity index (χ1v) is 10.9. The molecule has 0 spiro atoms. The number of pyridine rings is 1. The summed E-state index contributed by atoms with van der Waals surface area (Å²) in [6, 6.07) is 16.6. The predicted molar refractivity (Wildman–Crippen MR) is 114 cm³/mol. The first kappa shape index (κ1) is 18.8. The molecule has 0 unspecified atom stereocenters. The summed E-state index contributed by atoms with van der Waals surface area (Å²) in [6.45, 7) is 2.53. The highest BCUT2D eigenvalue weighted by molar-refractivity contribution is 7.98. The van der Waals surface area contributed by atoms with Gasteiger partial charge in [0.05, 0.1) is 17.3 Å². The predicted octanol–water partition coefficient (Wildman–Crippen LogP) is 5.23. The average molecular weight is 399 g/mol. The second kappa shape index (κ2) is 8.19. The summed E-state index contributed by atoms with van der Waals surface area (Å²) >= 11 is 7.81. The molecule has 1 saturated heterocycles. The number of hydrogen-bond acceptors (Lipinski definition) is 4. The Balaban J connectivity index is 1.78. The lowest BCUT2D eigenvalue weighted by molar-refractivity contribution is 0.0669. The van der Waals surface area contributed by atoms with Crippen molar-refractivity contribution in [3.8, 4) is 11.3 Å². The van der Waals surface area contributed by atoms with Crippen LogP contribution in [-0.2, 0) is 6.54 Å². The van der Waals surface area contributed by atoms with Crippen LogP contribution in [0.25, 0.3) is 22.2 Å². The van der Waals surface area contributed by atoms with Crippen LogP contribution >= 0.6 is 23.4 Å². The number of halogens is 1. The number of aliphatic hydroxyl groups excluding tert-OH is 1. The molecule has 3 nitrogen and oxygen atoms in total. The Kier molecular flexibility index (Phi) is 5.69. The van der Waals surface area contributed by atoms with E-state index in [1.54, 1.807) is 11.8 Å². The maximum atomic E-state index is 10.0. The third-order valence-corrected chi connectivity index (χ3v) is 6.07. The van der Waals surface area contributed by atoms with Gasteiger partial charge in [-0.05, 0) is 61.5 Å². The molecule has 1 atom stereocenters. The van der Waals surface area contributed by atoms with Gasteiger partial charge in [0.2, 0.25) is 0 Å². The number of piperidine rings is 1. The Bertz CT molecular complexity index is 945. The van der Waals surface area contributed by atoms with Crippen LogP contribution in [0.4, 0.5) is 0 Å². The van der Waals surface area contributed by atoms with Gasteiger partial charge in [0, 0.05) is 34.0 Å². The minimum absolute atomic E-state index is 0.227. The van der Waals surface area contributed by atoms with Crippen LogP contribution in [0.5, 0.6) is 0 Å². The van der Waals surface area contributed by atoms with E-state index in [9.17, 15) is 5.11 Å². The topological polar surface area (TPSA) is 36.4 Å². The minimum atomic E-state index is -0.227. The van der Waals surface area contributed by atoms with Gasteiger partial charge in [0.15, 0.2) is 0 Å². The zero-order valence-corrected chi connectivity index (χ0v) is 16.9. The number of fused-ring (bicyclic) bond motifs is 1. The summed E-state index contributed by atoms with van der Waals surface area (Å²) in [5.74, 6) is 0. The summed E-state index contributed by atoms with van der Waals surface area (Å²) in [5.41, 5.74) is 4.27. The van der Waals surface area contributed by atoms with E-state index in [2.05, 4.69) is 35.4 Å². The average Bonchev–Trinajstić information content (AvgIpc) is 2.68. The SMILES string of the molecule is CSc1ccc2cc(CN3CCC[C@@H](O)C3)c(-c3ccc(Cl)cc3)nc2c1. The zero-order chi connectivity index (χ0) is 18.8. The quantitative estimate of drug-likeness (QED) is 0.610. The number of aromatic nitrogens is 1. The first-order chi connectivity index (χ1) is 13.1. The van der Waals surface area contributed by atoms with Gasteiger partial charge in [-0.2, -0.15) is 0 Å². The molecule has 0 aliphatic carbocycles. The van der Waals surface area contributed by atoms with Crippen molar-refractivity contribution in [3.63, 3.8) is 0 Å². The molecule has 0 radical (unpaired) electrons. The molecule has 140 valence electrons. The lowest BCUT2D eigenvalue weighted by atomic mass is 10.0. The molecule has 1 aromatic heterocycles. The third-order valence-electron chi connectivity index (χ3n) is 5.10. The van der Waals surface area contributed by atoms with E-state index in [-0.39, 0.29) is 6.10 Å². The molecule has 27 heavy (non-hydrogen) atoms. The Morgan fingerprint density at radius 3 is 2.74 bits per heavy atom. The number of likely N-dealkylation sites (tertiary alicyclic amines) is 1. The van der Waals surface area contributed by atoms with Gasteiger partial charge >= 0.3 is 0 Å². The fourth-order valence-electron chi connectivity index (χ4n) is 3.71. The Labute approximate surface area is 169 Å². The molecule has 2 heterocycles. The van der Waals surface area contributed by atoms with Crippen molar-refractivity contribution < 1.29 is 5.11 Å². The van der Waals surface area contributed by atoms with Gasteiger partial charge in [-0.3, -0.25) is 4.90 Å². The Hall–Kier alpha value is -1.59. The number of thioether (sulfide) groups is 1. The van der Waals surface area contributed by atoms with Crippen molar-refractivity contribution in [1.29, 1.82) is 0 Å². The molecule has 0 bridgehead atoms. The van der Waals surface area contributed by atoms with Crippen LogP contribution in [0.15, 0.2) is 53.4 Å².